The molecule has 7 heteroatoms. The summed E-state index contributed by atoms with van der Waals surface area (Å²) in [5.74, 6) is 0.716. The highest BCUT2D eigenvalue weighted by Crippen LogP contribution is 2.19. The van der Waals surface area contributed by atoms with Crippen LogP contribution in [-0.4, -0.2) is 26.0 Å². The Kier molecular flexibility index (Phi) is 4.08. The Balaban J connectivity index is 2.06. The molecule has 6 nitrogen and oxygen atoms in total. The Morgan fingerprint density at radius 2 is 2.22 bits per heavy atom. The molecule has 0 radical (unpaired) electrons. The monoisotopic (exact) mass is 261 g/mol. The van der Waals surface area contributed by atoms with E-state index in [9.17, 15) is 0 Å². The number of aromatic nitrogens is 3. The van der Waals surface area contributed by atoms with Gasteiger partial charge in [0.25, 0.3) is 0 Å². The van der Waals surface area contributed by atoms with Crippen molar-refractivity contribution in [3.05, 3.63) is 48.2 Å². The third-order valence-electron chi connectivity index (χ3n) is 2.12. The highest BCUT2D eigenvalue weighted by molar-refractivity contribution is 7.98. The molecule has 18 heavy (non-hydrogen) atoms. The number of rotatable bonds is 4. The third kappa shape index (κ3) is 3.17. The van der Waals surface area contributed by atoms with E-state index >= 15 is 0 Å². The molecule has 0 saturated heterocycles. The predicted octanol–water partition coefficient (Wildman–Crippen LogP) is 1.26. The summed E-state index contributed by atoms with van der Waals surface area (Å²) in [6.45, 7) is 0. The van der Waals surface area contributed by atoms with Crippen LogP contribution in [0.15, 0.2) is 47.1 Å². The topological polar surface area (TPSA) is 97.3 Å². The van der Waals surface area contributed by atoms with Gasteiger partial charge in [-0.3, -0.25) is 9.97 Å². The van der Waals surface area contributed by atoms with Gasteiger partial charge < -0.3 is 10.9 Å². The number of amidine groups is 1. The molecule has 0 saturated carbocycles. The van der Waals surface area contributed by atoms with Crippen molar-refractivity contribution in [3.63, 3.8) is 0 Å². The fourth-order valence-corrected chi connectivity index (χ4v) is 2.04. The van der Waals surface area contributed by atoms with Crippen LogP contribution in [0.3, 0.4) is 0 Å². The molecule has 0 spiro atoms. The van der Waals surface area contributed by atoms with E-state index in [1.807, 2.05) is 6.07 Å². The molecule has 2 aromatic heterocycles. The van der Waals surface area contributed by atoms with Crippen LogP contribution in [0.25, 0.3) is 0 Å². The average Bonchev–Trinajstić information content (AvgIpc) is 2.45. The SMILES string of the molecule is NC(=NO)c1cc(CSc2cnccn2)ccn1. The van der Waals surface area contributed by atoms with E-state index in [2.05, 4.69) is 20.1 Å². The first-order valence-corrected chi connectivity index (χ1v) is 6.10. The minimum Gasteiger partial charge on any atom is -0.409 e. The standard InChI is InChI=1S/C11H11N5OS/c12-11(16-17)9-5-8(1-2-14-9)7-18-10-6-13-3-4-15-10/h1-6,17H,7H2,(H2,12,16). The number of hydrogen-bond donors (Lipinski definition) is 2. The van der Waals surface area contributed by atoms with Gasteiger partial charge in [0.05, 0.1) is 6.20 Å². The summed E-state index contributed by atoms with van der Waals surface area (Å²) < 4.78 is 0. The number of hydrogen-bond acceptors (Lipinski definition) is 6. The van der Waals surface area contributed by atoms with Crippen LogP contribution in [0, 0.1) is 0 Å². The van der Waals surface area contributed by atoms with Crippen LogP contribution in [-0.2, 0) is 5.75 Å². The van der Waals surface area contributed by atoms with Crippen LogP contribution in [0.1, 0.15) is 11.3 Å². The van der Waals surface area contributed by atoms with Gasteiger partial charge in [-0.05, 0) is 17.7 Å². The molecule has 2 heterocycles. The lowest BCUT2D eigenvalue weighted by Gasteiger charge is -2.03. The molecule has 92 valence electrons. The van der Waals surface area contributed by atoms with Gasteiger partial charge in [-0.15, -0.1) is 11.8 Å². The van der Waals surface area contributed by atoms with Crippen molar-refractivity contribution in [3.8, 4) is 0 Å². The lowest BCUT2D eigenvalue weighted by Crippen LogP contribution is -2.15. The van der Waals surface area contributed by atoms with E-state index in [0.717, 1.165) is 10.6 Å². The van der Waals surface area contributed by atoms with Crippen LogP contribution in [0.5, 0.6) is 0 Å². The van der Waals surface area contributed by atoms with Crippen LogP contribution in [0.2, 0.25) is 0 Å². The van der Waals surface area contributed by atoms with Gasteiger partial charge in [-0.25, -0.2) is 4.98 Å². The Bertz CT molecular complexity index is 546. The Labute approximate surface area is 108 Å². The zero-order valence-electron chi connectivity index (χ0n) is 9.39. The predicted molar refractivity (Wildman–Crippen MR) is 68.3 cm³/mol. The molecule has 0 bridgehead atoms. The fourth-order valence-electron chi connectivity index (χ4n) is 1.27. The second-order valence-corrected chi connectivity index (χ2v) is 4.36. The maximum Gasteiger partial charge on any atom is 0.188 e. The van der Waals surface area contributed by atoms with Crippen molar-refractivity contribution >= 4 is 17.6 Å². The average molecular weight is 261 g/mol. The summed E-state index contributed by atoms with van der Waals surface area (Å²) in [4.78, 5) is 12.2. The van der Waals surface area contributed by atoms with Crippen molar-refractivity contribution in [1.29, 1.82) is 0 Å². The maximum absolute atomic E-state index is 8.59. The smallest absolute Gasteiger partial charge is 0.188 e. The van der Waals surface area contributed by atoms with Gasteiger partial charge in [0.2, 0.25) is 0 Å². The van der Waals surface area contributed by atoms with Crippen LogP contribution in [0.4, 0.5) is 0 Å². The summed E-state index contributed by atoms with van der Waals surface area (Å²) >= 11 is 1.56. The zero-order chi connectivity index (χ0) is 12.8. The highest BCUT2D eigenvalue weighted by atomic mass is 32.2. The number of oxime groups is 1. The Morgan fingerprint density at radius 3 is 2.94 bits per heavy atom. The Morgan fingerprint density at radius 1 is 1.33 bits per heavy atom. The van der Waals surface area contributed by atoms with E-state index < -0.39 is 0 Å². The van der Waals surface area contributed by atoms with Crippen LogP contribution >= 0.6 is 11.8 Å². The van der Waals surface area contributed by atoms with Crippen molar-refractivity contribution < 1.29 is 5.21 Å². The zero-order valence-corrected chi connectivity index (χ0v) is 10.2. The molecule has 0 fully saturated rings. The molecular weight excluding hydrogens is 250 g/mol. The highest BCUT2D eigenvalue weighted by Gasteiger charge is 2.03. The van der Waals surface area contributed by atoms with Crippen molar-refractivity contribution in [1.82, 2.24) is 15.0 Å². The molecule has 0 unspecified atom stereocenters. The quantitative estimate of drug-likeness (QED) is 0.283. The third-order valence-corrected chi connectivity index (χ3v) is 3.10. The van der Waals surface area contributed by atoms with Gasteiger partial charge in [0.15, 0.2) is 5.84 Å². The summed E-state index contributed by atoms with van der Waals surface area (Å²) in [5, 5.41) is 12.4. The first-order chi connectivity index (χ1) is 8.79. The van der Waals surface area contributed by atoms with Gasteiger partial charge in [0.1, 0.15) is 10.7 Å². The molecule has 2 aromatic rings. The van der Waals surface area contributed by atoms with Gasteiger partial charge in [-0.1, -0.05) is 5.16 Å². The maximum atomic E-state index is 8.59. The van der Waals surface area contributed by atoms with E-state index in [4.69, 9.17) is 10.9 Å². The van der Waals surface area contributed by atoms with E-state index in [1.165, 1.54) is 0 Å². The van der Waals surface area contributed by atoms with Crippen molar-refractivity contribution in [2.75, 3.05) is 0 Å². The fraction of sp³-hybridized carbons (Fsp3) is 0.0909. The van der Waals surface area contributed by atoms with E-state index in [0.29, 0.717) is 11.4 Å². The lowest BCUT2D eigenvalue weighted by molar-refractivity contribution is 0.318. The van der Waals surface area contributed by atoms with Gasteiger partial charge in [-0.2, -0.15) is 0 Å². The lowest BCUT2D eigenvalue weighted by atomic mass is 10.2. The number of pyridine rings is 1. The molecule has 3 N–H and O–H groups in total. The normalized spacial score (nSPS) is 11.4. The van der Waals surface area contributed by atoms with Crippen molar-refractivity contribution in [2.45, 2.75) is 10.8 Å². The number of nitrogens with zero attached hydrogens (tertiary/aromatic N) is 4. The van der Waals surface area contributed by atoms with Crippen molar-refractivity contribution in [2.24, 2.45) is 10.9 Å². The molecule has 0 aromatic carbocycles. The molecule has 0 amide bonds. The van der Waals surface area contributed by atoms with E-state index in [1.54, 1.807) is 42.6 Å². The second kappa shape index (κ2) is 5.97. The first-order valence-electron chi connectivity index (χ1n) is 5.11. The number of thioether (sulfide) groups is 1. The second-order valence-electron chi connectivity index (χ2n) is 3.37. The summed E-state index contributed by atoms with van der Waals surface area (Å²) in [6.07, 6.45) is 6.61. The minimum absolute atomic E-state index is 0.00125. The summed E-state index contributed by atoms with van der Waals surface area (Å²) in [5.41, 5.74) is 6.95. The molecule has 2 rings (SSSR count). The molecular formula is C11H11N5OS. The van der Waals surface area contributed by atoms with Gasteiger partial charge >= 0.3 is 0 Å². The Hall–Kier alpha value is -2.15. The molecule has 0 aliphatic rings. The molecule has 0 atom stereocenters. The van der Waals surface area contributed by atoms with Crippen LogP contribution < -0.4 is 5.73 Å². The molecule has 0 aliphatic carbocycles. The van der Waals surface area contributed by atoms with Gasteiger partial charge in [0, 0.05) is 24.3 Å². The summed E-state index contributed by atoms with van der Waals surface area (Å²) in [7, 11) is 0. The van der Waals surface area contributed by atoms with E-state index in [-0.39, 0.29) is 5.84 Å². The largest absolute Gasteiger partial charge is 0.409 e. The molecule has 0 aliphatic heterocycles. The first kappa shape index (κ1) is 12.3. The minimum atomic E-state index is 0.00125. The summed E-state index contributed by atoms with van der Waals surface area (Å²) in [6, 6.07) is 3.65. The number of nitrogens with two attached hydrogens (primary N) is 1.